The zero-order chi connectivity index (χ0) is 12.4. The van der Waals surface area contributed by atoms with Crippen LogP contribution < -0.4 is 9.80 Å². The highest BCUT2D eigenvalue weighted by Crippen LogP contribution is 2.29. The fourth-order valence-corrected chi connectivity index (χ4v) is 2.28. The summed E-state index contributed by atoms with van der Waals surface area (Å²) in [4.78, 5) is 12.2. The maximum atomic E-state index is 13.7. The van der Waals surface area contributed by atoms with Crippen LogP contribution in [0.5, 0.6) is 0 Å². The van der Waals surface area contributed by atoms with Crippen LogP contribution in [0.15, 0.2) is 12.4 Å². The predicted octanol–water partition coefficient (Wildman–Crippen LogP) is 1.87. The summed E-state index contributed by atoms with van der Waals surface area (Å²) >= 11 is 0. The quantitative estimate of drug-likeness (QED) is 0.804. The molecular formula is C12H19FN4. The van der Waals surface area contributed by atoms with Gasteiger partial charge in [0.25, 0.3) is 0 Å². The highest BCUT2D eigenvalue weighted by atomic mass is 19.1. The van der Waals surface area contributed by atoms with Gasteiger partial charge in [0.1, 0.15) is 24.1 Å². The molecule has 0 aromatic carbocycles. The zero-order valence-electron chi connectivity index (χ0n) is 10.6. The Balaban J connectivity index is 2.18. The number of hydrogen-bond acceptors (Lipinski definition) is 4. The van der Waals surface area contributed by atoms with Crippen LogP contribution in [0.2, 0.25) is 0 Å². The minimum absolute atomic E-state index is 0.0417. The van der Waals surface area contributed by atoms with E-state index in [4.69, 9.17) is 0 Å². The molecule has 1 saturated carbocycles. The van der Waals surface area contributed by atoms with E-state index in [2.05, 4.69) is 9.97 Å². The smallest absolute Gasteiger partial charge is 0.134 e. The fraction of sp³-hybridized carbons (Fsp3) is 0.667. The molecule has 1 aliphatic carbocycles. The molecule has 0 aliphatic heterocycles. The average molecular weight is 238 g/mol. The van der Waals surface area contributed by atoms with Crippen molar-refractivity contribution in [1.29, 1.82) is 0 Å². The molecule has 4 nitrogen and oxygen atoms in total. The molecule has 0 amide bonds. The molecule has 94 valence electrons. The average Bonchev–Trinajstić information content (AvgIpc) is 2.74. The van der Waals surface area contributed by atoms with Crippen molar-refractivity contribution in [1.82, 2.24) is 9.97 Å². The monoisotopic (exact) mass is 238 g/mol. The van der Waals surface area contributed by atoms with Crippen molar-refractivity contribution < 1.29 is 4.39 Å². The highest BCUT2D eigenvalue weighted by Gasteiger charge is 2.31. The molecule has 1 aromatic rings. The van der Waals surface area contributed by atoms with E-state index in [1.165, 1.54) is 6.33 Å². The second kappa shape index (κ2) is 4.85. The lowest BCUT2D eigenvalue weighted by atomic mass is 10.2. The third-order valence-electron chi connectivity index (χ3n) is 3.35. The summed E-state index contributed by atoms with van der Waals surface area (Å²) < 4.78 is 13.7. The van der Waals surface area contributed by atoms with Crippen LogP contribution in [0.3, 0.4) is 0 Å². The Bertz CT molecular complexity index is 383. The summed E-state index contributed by atoms with van der Waals surface area (Å²) in [5.74, 6) is 1.63. The second-order valence-electron chi connectivity index (χ2n) is 4.75. The van der Waals surface area contributed by atoms with Gasteiger partial charge in [0, 0.05) is 27.2 Å². The Morgan fingerprint density at radius 3 is 2.47 bits per heavy atom. The standard InChI is InChI=1S/C12H19FN4/c1-16(2)11-7-12(15-8-14-11)17(3)10-6-4-5-9(10)13/h7-10H,4-6H2,1-3H3. The molecule has 5 heteroatoms. The van der Waals surface area contributed by atoms with Crippen LogP contribution in [0, 0.1) is 0 Å². The summed E-state index contributed by atoms with van der Waals surface area (Å²) in [6.45, 7) is 0. The maximum Gasteiger partial charge on any atom is 0.134 e. The first-order valence-corrected chi connectivity index (χ1v) is 5.96. The van der Waals surface area contributed by atoms with Crippen molar-refractivity contribution in [3.8, 4) is 0 Å². The van der Waals surface area contributed by atoms with Crippen molar-refractivity contribution in [2.45, 2.75) is 31.5 Å². The number of alkyl halides is 1. The minimum Gasteiger partial charge on any atom is -0.363 e. The molecule has 2 atom stereocenters. The Morgan fingerprint density at radius 1 is 1.18 bits per heavy atom. The summed E-state index contributed by atoms with van der Waals surface area (Å²) in [5, 5.41) is 0. The van der Waals surface area contributed by atoms with Crippen molar-refractivity contribution in [3.05, 3.63) is 12.4 Å². The molecular weight excluding hydrogens is 219 g/mol. The van der Waals surface area contributed by atoms with E-state index in [9.17, 15) is 4.39 Å². The van der Waals surface area contributed by atoms with Gasteiger partial charge in [-0.05, 0) is 19.3 Å². The second-order valence-corrected chi connectivity index (χ2v) is 4.75. The molecule has 2 rings (SSSR count). The SMILES string of the molecule is CN(C)c1cc(N(C)C2CCCC2F)ncn1. The molecule has 0 radical (unpaired) electrons. The molecule has 1 heterocycles. The van der Waals surface area contributed by atoms with Gasteiger partial charge in [-0.2, -0.15) is 0 Å². The van der Waals surface area contributed by atoms with Gasteiger partial charge in [-0.25, -0.2) is 14.4 Å². The first-order chi connectivity index (χ1) is 8.09. The van der Waals surface area contributed by atoms with Crippen molar-refractivity contribution in [2.75, 3.05) is 30.9 Å². The highest BCUT2D eigenvalue weighted by molar-refractivity contribution is 5.49. The molecule has 17 heavy (non-hydrogen) atoms. The number of halogens is 1. The molecule has 1 aromatic heterocycles. The number of nitrogens with zero attached hydrogens (tertiary/aromatic N) is 4. The molecule has 0 spiro atoms. The van der Waals surface area contributed by atoms with Crippen LogP contribution in [-0.2, 0) is 0 Å². The maximum absolute atomic E-state index is 13.7. The number of aromatic nitrogens is 2. The lowest BCUT2D eigenvalue weighted by Crippen LogP contribution is -2.36. The molecule has 1 aliphatic rings. The Labute approximate surface area is 101 Å². The van der Waals surface area contributed by atoms with Crippen LogP contribution in [0.25, 0.3) is 0 Å². The van der Waals surface area contributed by atoms with Crippen LogP contribution in [-0.4, -0.2) is 43.3 Å². The van der Waals surface area contributed by atoms with Gasteiger partial charge in [0.05, 0.1) is 6.04 Å². The lowest BCUT2D eigenvalue weighted by Gasteiger charge is -2.27. The molecule has 0 N–H and O–H groups in total. The van der Waals surface area contributed by atoms with Gasteiger partial charge in [-0.1, -0.05) is 0 Å². The van der Waals surface area contributed by atoms with Gasteiger partial charge < -0.3 is 9.80 Å². The van der Waals surface area contributed by atoms with E-state index in [0.717, 1.165) is 24.5 Å². The van der Waals surface area contributed by atoms with Gasteiger partial charge in [-0.3, -0.25) is 0 Å². The van der Waals surface area contributed by atoms with Crippen LogP contribution >= 0.6 is 0 Å². The van der Waals surface area contributed by atoms with E-state index in [0.29, 0.717) is 6.42 Å². The first-order valence-electron chi connectivity index (χ1n) is 5.96. The number of rotatable bonds is 3. The summed E-state index contributed by atoms with van der Waals surface area (Å²) in [6.07, 6.45) is 3.32. The third kappa shape index (κ3) is 2.48. The van der Waals surface area contributed by atoms with Crippen LogP contribution in [0.1, 0.15) is 19.3 Å². The largest absolute Gasteiger partial charge is 0.363 e. The van der Waals surface area contributed by atoms with Gasteiger partial charge in [0.15, 0.2) is 0 Å². The Morgan fingerprint density at radius 2 is 1.88 bits per heavy atom. The summed E-state index contributed by atoms with van der Waals surface area (Å²) in [7, 11) is 5.77. The Hall–Kier alpha value is -1.39. The molecule has 0 saturated heterocycles. The number of anilines is 2. The molecule has 1 fully saturated rings. The van der Waals surface area contributed by atoms with E-state index in [-0.39, 0.29) is 6.04 Å². The normalized spacial score (nSPS) is 23.8. The van der Waals surface area contributed by atoms with Gasteiger partial charge in [-0.15, -0.1) is 0 Å². The van der Waals surface area contributed by atoms with Crippen LogP contribution in [0.4, 0.5) is 16.0 Å². The molecule has 2 unspecified atom stereocenters. The van der Waals surface area contributed by atoms with Gasteiger partial charge >= 0.3 is 0 Å². The summed E-state index contributed by atoms with van der Waals surface area (Å²) in [5.41, 5.74) is 0. The van der Waals surface area contributed by atoms with E-state index in [1.54, 1.807) is 0 Å². The van der Waals surface area contributed by atoms with Crippen molar-refractivity contribution >= 4 is 11.6 Å². The van der Waals surface area contributed by atoms with Crippen molar-refractivity contribution in [3.63, 3.8) is 0 Å². The topological polar surface area (TPSA) is 32.3 Å². The van der Waals surface area contributed by atoms with Crippen molar-refractivity contribution in [2.24, 2.45) is 0 Å². The molecule has 0 bridgehead atoms. The van der Waals surface area contributed by atoms with Gasteiger partial charge in [0.2, 0.25) is 0 Å². The fourth-order valence-electron chi connectivity index (χ4n) is 2.28. The first kappa shape index (κ1) is 12.1. The minimum atomic E-state index is -0.738. The number of hydrogen-bond donors (Lipinski definition) is 0. The van der Waals surface area contributed by atoms with E-state index < -0.39 is 6.17 Å². The predicted molar refractivity (Wildman–Crippen MR) is 67.3 cm³/mol. The Kier molecular flexibility index (Phi) is 3.45. The summed E-state index contributed by atoms with van der Waals surface area (Å²) in [6, 6.07) is 1.85. The zero-order valence-corrected chi connectivity index (χ0v) is 10.6. The van der Waals surface area contributed by atoms with E-state index >= 15 is 0 Å². The lowest BCUT2D eigenvalue weighted by molar-refractivity contribution is 0.306. The third-order valence-corrected chi connectivity index (χ3v) is 3.35. The van der Waals surface area contributed by atoms with E-state index in [1.807, 2.05) is 37.0 Å².